The average molecular weight is 281 g/mol. The number of hydrogen-bond acceptors (Lipinski definition) is 4. The van der Waals surface area contributed by atoms with E-state index < -0.39 is 0 Å². The summed E-state index contributed by atoms with van der Waals surface area (Å²) in [5.41, 5.74) is 5.58. The molecule has 3 rings (SSSR count). The minimum Gasteiger partial charge on any atom is -0.381 e. The maximum Gasteiger partial charge on any atom is 0.230 e. The van der Waals surface area contributed by atoms with Gasteiger partial charge in [0.25, 0.3) is 0 Å². The summed E-state index contributed by atoms with van der Waals surface area (Å²) in [6, 6.07) is 0. The predicted molar refractivity (Wildman–Crippen MR) is 77.3 cm³/mol. The lowest BCUT2D eigenvalue weighted by atomic mass is 9.78. The summed E-state index contributed by atoms with van der Waals surface area (Å²) >= 11 is 0. The zero-order valence-corrected chi connectivity index (χ0v) is 12.4. The first-order valence-corrected chi connectivity index (χ1v) is 8.03. The van der Waals surface area contributed by atoms with Gasteiger partial charge in [0, 0.05) is 52.5 Å². The highest BCUT2D eigenvalue weighted by Crippen LogP contribution is 2.33. The molecule has 0 aromatic carbocycles. The molecule has 2 N–H and O–H groups in total. The Kier molecular flexibility index (Phi) is 4.29. The molecule has 0 aromatic rings. The molecule has 0 spiro atoms. The van der Waals surface area contributed by atoms with Crippen molar-refractivity contribution in [3.8, 4) is 0 Å². The van der Waals surface area contributed by atoms with Crippen molar-refractivity contribution in [1.82, 2.24) is 9.80 Å². The second-order valence-corrected chi connectivity index (χ2v) is 6.63. The van der Waals surface area contributed by atoms with E-state index in [0.717, 1.165) is 44.9 Å². The van der Waals surface area contributed by atoms with Crippen molar-refractivity contribution in [2.24, 2.45) is 17.1 Å². The van der Waals surface area contributed by atoms with Crippen LogP contribution in [-0.2, 0) is 9.53 Å². The summed E-state index contributed by atoms with van der Waals surface area (Å²) < 4.78 is 5.40. The molecular weight excluding hydrogens is 254 g/mol. The molecule has 0 radical (unpaired) electrons. The van der Waals surface area contributed by atoms with Crippen LogP contribution in [0.2, 0.25) is 0 Å². The molecular formula is C15H27N3O2. The lowest BCUT2D eigenvalue weighted by molar-refractivity contribution is -0.149. The number of carbonyl (C=O) groups is 1. The minimum atomic E-state index is -0.350. The number of piperazine rings is 1. The van der Waals surface area contributed by atoms with Gasteiger partial charge in [-0.15, -0.1) is 0 Å². The van der Waals surface area contributed by atoms with Gasteiger partial charge in [-0.05, 0) is 31.6 Å². The van der Waals surface area contributed by atoms with Crippen molar-refractivity contribution in [1.29, 1.82) is 0 Å². The number of rotatable bonds is 4. The van der Waals surface area contributed by atoms with Crippen LogP contribution >= 0.6 is 0 Å². The molecule has 1 aliphatic carbocycles. The van der Waals surface area contributed by atoms with Crippen molar-refractivity contribution < 1.29 is 9.53 Å². The standard InChI is InChI=1S/C15H27N3O2/c16-12-15(3-9-20-10-4-15)14(19)18-7-5-17(6-8-18)11-13-1-2-13/h13H,1-12,16H2. The number of carbonyl (C=O) groups excluding carboxylic acids is 1. The molecule has 2 saturated heterocycles. The first-order chi connectivity index (χ1) is 9.73. The fourth-order valence-electron chi connectivity index (χ4n) is 3.40. The monoisotopic (exact) mass is 281 g/mol. The van der Waals surface area contributed by atoms with Gasteiger partial charge in [-0.1, -0.05) is 0 Å². The second kappa shape index (κ2) is 6.00. The van der Waals surface area contributed by atoms with Gasteiger partial charge in [0.1, 0.15) is 0 Å². The molecule has 3 aliphatic rings. The highest BCUT2D eigenvalue weighted by molar-refractivity contribution is 5.83. The van der Waals surface area contributed by atoms with Gasteiger partial charge < -0.3 is 15.4 Å². The number of nitrogens with zero attached hydrogens (tertiary/aromatic N) is 2. The predicted octanol–water partition coefficient (Wildman–Crippen LogP) is 0.296. The molecule has 3 fully saturated rings. The van der Waals surface area contributed by atoms with E-state index in [9.17, 15) is 4.79 Å². The molecule has 2 heterocycles. The Balaban J connectivity index is 1.54. The lowest BCUT2D eigenvalue weighted by Gasteiger charge is -2.42. The Morgan fingerprint density at radius 3 is 2.35 bits per heavy atom. The van der Waals surface area contributed by atoms with Gasteiger partial charge in [-0.2, -0.15) is 0 Å². The summed E-state index contributed by atoms with van der Waals surface area (Å²) in [7, 11) is 0. The summed E-state index contributed by atoms with van der Waals surface area (Å²) in [6.45, 7) is 6.83. The Morgan fingerprint density at radius 2 is 1.80 bits per heavy atom. The van der Waals surface area contributed by atoms with Crippen LogP contribution < -0.4 is 5.73 Å². The minimum absolute atomic E-state index is 0.273. The van der Waals surface area contributed by atoms with Crippen LogP contribution in [0.5, 0.6) is 0 Å². The summed E-state index contributed by atoms with van der Waals surface area (Å²) in [6.07, 6.45) is 4.36. The molecule has 0 atom stereocenters. The van der Waals surface area contributed by atoms with Crippen molar-refractivity contribution >= 4 is 5.91 Å². The van der Waals surface area contributed by atoms with Gasteiger partial charge in [0.05, 0.1) is 5.41 Å². The Bertz CT molecular complexity index is 343. The molecule has 0 bridgehead atoms. The smallest absolute Gasteiger partial charge is 0.230 e. The Morgan fingerprint density at radius 1 is 1.15 bits per heavy atom. The molecule has 0 unspecified atom stereocenters. The fourth-order valence-corrected chi connectivity index (χ4v) is 3.40. The van der Waals surface area contributed by atoms with E-state index in [0.29, 0.717) is 19.8 Å². The Hall–Kier alpha value is -0.650. The van der Waals surface area contributed by atoms with Crippen LogP contribution in [0, 0.1) is 11.3 Å². The highest BCUT2D eigenvalue weighted by atomic mass is 16.5. The second-order valence-electron chi connectivity index (χ2n) is 6.63. The van der Waals surface area contributed by atoms with Gasteiger partial charge >= 0.3 is 0 Å². The molecule has 1 saturated carbocycles. The fraction of sp³-hybridized carbons (Fsp3) is 0.933. The van der Waals surface area contributed by atoms with Crippen molar-refractivity contribution in [2.75, 3.05) is 52.5 Å². The van der Waals surface area contributed by atoms with E-state index in [4.69, 9.17) is 10.5 Å². The number of hydrogen-bond donors (Lipinski definition) is 1. The van der Waals surface area contributed by atoms with Gasteiger partial charge in [0.15, 0.2) is 0 Å². The zero-order valence-electron chi connectivity index (χ0n) is 12.4. The number of amides is 1. The van der Waals surface area contributed by atoms with Crippen LogP contribution in [0.3, 0.4) is 0 Å². The van der Waals surface area contributed by atoms with Crippen LogP contribution in [0.15, 0.2) is 0 Å². The van der Waals surface area contributed by atoms with E-state index in [1.165, 1.54) is 19.4 Å². The normalized spacial score (nSPS) is 27.6. The third-order valence-corrected chi connectivity index (χ3v) is 5.17. The highest BCUT2D eigenvalue weighted by Gasteiger charge is 2.42. The maximum absolute atomic E-state index is 12.8. The van der Waals surface area contributed by atoms with Crippen molar-refractivity contribution in [2.45, 2.75) is 25.7 Å². The molecule has 20 heavy (non-hydrogen) atoms. The topological polar surface area (TPSA) is 58.8 Å². The SMILES string of the molecule is NCC1(C(=O)N2CCN(CC3CC3)CC2)CCOCC1. The van der Waals surface area contributed by atoms with E-state index >= 15 is 0 Å². The van der Waals surface area contributed by atoms with E-state index in [2.05, 4.69) is 4.90 Å². The van der Waals surface area contributed by atoms with Crippen LogP contribution in [0.25, 0.3) is 0 Å². The first kappa shape index (κ1) is 14.3. The summed E-state index contributed by atoms with van der Waals surface area (Å²) in [4.78, 5) is 17.4. The summed E-state index contributed by atoms with van der Waals surface area (Å²) in [5, 5.41) is 0. The molecule has 1 amide bonds. The van der Waals surface area contributed by atoms with E-state index in [1.54, 1.807) is 0 Å². The van der Waals surface area contributed by atoms with E-state index in [1.807, 2.05) is 4.90 Å². The third-order valence-electron chi connectivity index (χ3n) is 5.17. The van der Waals surface area contributed by atoms with Crippen molar-refractivity contribution in [3.05, 3.63) is 0 Å². The van der Waals surface area contributed by atoms with Crippen LogP contribution in [0.4, 0.5) is 0 Å². The van der Waals surface area contributed by atoms with Gasteiger partial charge in [-0.3, -0.25) is 9.69 Å². The summed E-state index contributed by atoms with van der Waals surface area (Å²) in [5.74, 6) is 1.21. The maximum atomic E-state index is 12.8. The number of nitrogens with two attached hydrogens (primary N) is 1. The zero-order chi connectivity index (χ0) is 14.0. The molecule has 5 nitrogen and oxygen atoms in total. The average Bonchev–Trinajstić information content (AvgIpc) is 3.32. The van der Waals surface area contributed by atoms with Gasteiger partial charge in [-0.25, -0.2) is 0 Å². The third kappa shape index (κ3) is 3.00. The Labute approximate surface area is 121 Å². The lowest BCUT2D eigenvalue weighted by Crippen LogP contribution is -2.56. The molecule has 2 aliphatic heterocycles. The molecule has 114 valence electrons. The van der Waals surface area contributed by atoms with Crippen LogP contribution in [0.1, 0.15) is 25.7 Å². The van der Waals surface area contributed by atoms with E-state index in [-0.39, 0.29) is 11.3 Å². The molecule has 5 heteroatoms. The van der Waals surface area contributed by atoms with Crippen molar-refractivity contribution in [3.63, 3.8) is 0 Å². The van der Waals surface area contributed by atoms with Crippen LogP contribution in [-0.4, -0.2) is 68.2 Å². The quantitative estimate of drug-likeness (QED) is 0.805. The molecule has 0 aromatic heterocycles. The number of ether oxygens (including phenoxy) is 1. The van der Waals surface area contributed by atoms with Gasteiger partial charge in [0.2, 0.25) is 5.91 Å². The largest absolute Gasteiger partial charge is 0.381 e. The first-order valence-electron chi connectivity index (χ1n) is 8.03.